The van der Waals surface area contributed by atoms with Crippen LogP contribution in [0.2, 0.25) is 0 Å². The van der Waals surface area contributed by atoms with Gasteiger partial charge in [-0.2, -0.15) is 0 Å². The minimum Gasteiger partial charge on any atom is -0.481 e. The molecule has 0 radical (unpaired) electrons. The summed E-state index contributed by atoms with van der Waals surface area (Å²) in [6.07, 6.45) is -0.228. The summed E-state index contributed by atoms with van der Waals surface area (Å²) >= 11 is 1.13. The molecule has 1 atom stereocenters. The monoisotopic (exact) mass is 270 g/mol. The second-order valence-corrected chi connectivity index (χ2v) is 6.24. The van der Waals surface area contributed by atoms with E-state index in [1.54, 1.807) is 0 Å². The van der Waals surface area contributed by atoms with Crippen LogP contribution in [0.1, 0.15) is 33.0 Å². The van der Waals surface area contributed by atoms with Crippen LogP contribution >= 0.6 is 11.8 Å². The minimum atomic E-state index is -1.01. The second kappa shape index (κ2) is 4.27. The van der Waals surface area contributed by atoms with E-state index in [-0.39, 0.29) is 17.7 Å². The normalized spacial score (nSPS) is 19.3. The largest absolute Gasteiger partial charge is 0.481 e. The molecule has 0 bridgehead atoms. The first-order chi connectivity index (χ1) is 8.29. The average Bonchev–Trinajstić information content (AvgIpc) is 2.59. The van der Waals surface area contributed by atoms with Gasteiger partial charge in [-0.25, -0.2) is 4.68 Å². The van der Waals surface area contributed by atoms with E-state index in [1.165, 1.54) is 4.68 Å². The summed E-state index contributed by atoms with van der Waals surface area (Å²) in [7, 11) is 0. The Labute approximate surface area is 108 Å². The summed E-state index contributed by atoms with van der Waals surface area (Å²) in [5, 5.41) is 16.6. The topological polar surface area (TPSA) is 97.1 Å². The van der Waals surface area contributed by atoms with Gasteiger partial charge >= 0.3 is 5.97 Å². The Hall–Kier alpha value is -1.57. The van der Waals surface area contributed by atoms with Gasteiger partial charge in [0.25, 0.3) is 5.91 Å². The number of thioether (sulfide) groups is 1. The third-order valence-electron chi connectivity index (χ3n) is 2.43. The first-order valence-electron chi connectivity index (χ1n) is 5.44. The third kappa shape index (κ3) is 2.33. The van der Waals surface area contributed by atoms with Crippen molar-refractivity contribution in [1.82, 2.24) is 14.9 Å². The molecule has 1 aliphatic heterocycles. The predicted molar refractivity (Wildman–Crippen MR) is 65.0 cm³/mol. The maximum absolute atomic E-state index is 11.8. The van der Waals surface area contributed by atoms with Crippen molar-refractivity contribution in [2.24, 2.45) is 0 Å². The highest BCUT2D eigenvalue weighted by Crippen LogP contribution is 2.31. The van der Waals surface area contributed by atoms with Crippen LogP contribution in [0, 0.1) is 0 Å². The van der Waals surface area contributed by atoms with Crippen LogP contribution in [-0.2, 0) is 15.0 Å². The number of carboxylic acids is 1. The SMILES string of the molecule is CC(C)(C)c1nnc2n1NC(=O)C(CC(=O)O)S2. The molecule has 1 aromatic rings. The van der Waals surface area contributed by atoms with Crippen molar-refractivity contribution in [3.05, 3.63) is 5.82 Å². The van der Waals surface area contributed by atoms with E-state index < -0.39 is 11.2 Å². The predicted octanol–water partition coefficient (Wildman–Crippen LogP) is 0.595. The highest BCUT2D eigenvalue weighted by molar-refractivity contribution is 8.00. The van der Waals surface area contributed by atoms with Crippen molar-refractivity contribution in [2.45, 2.75) is 43.0 Å². The summed E-state index contributed by atoms with van der Waals surface area (Å²) in [6.45, 7) is 5.89. The van der Waals surface area contributed by atoms with Gasteiger partial charge in [0.15, 0.2) is 5.82 Å². The molecule has 0 aromatic carbocycles. The van der Waals surface area contributed by atoms with Crippen molar-refractivity contribution in [1.29, 1.82) is 0 Å². The minimum absolute atomic E-state index is 0.228. The van der Waals surface area contributed by atoms with Crippen molar-refractivity contribution in [3.8, 4) is 0 Å². The van der Waals surface area contributed by atoms with Crippen LogP contribution in [0.3, 0.4) is 0 Å². The number of carbonyl (C=O) groups excluding carboxylic acids is 1. The molecular weight excluding hydrogens is 256 g/mol. The number of rotatable bonds is 2. The molecule has 1 aliphatic rings. The molecule has 2 rings (SSSR count). The Morgan fingerprint density at radius 1 is 1.50 bits per heavy atom. The number of aliphatic carboxylic acids is 1. The fraction of sp³-hybridized carbons (Fsp3) is 0.600. The molecule has 8 heteroatoms. The van der Waals surface area contributed by atoms with Crippen molar-refractivity contribution in [3.63, 3.8) is 0 Å². The van der Waals surface area contributed by atoms with Gasteiger partial charge in [0.05, 0.1) is 6.42 Å². The van der Waals surface area contributed by atoms with Gasteiger partial charge in [-0.3, -0.25) is 15.0 Å². The summed E-state index contributed by atoms with van der Waals surface area (Å²) in [5.74, 6) is -0.695. The lowest BCUT2D eigenvalue weighted by atomic mass is 9.96. The number of carboxylic acid groups (broad SMARTS) is 1. The van der Waals surface area contributed by atoms with Gasteiger partial charge in [-0.1, -0.05) is 32.5 Å². The van der Waals surface area contributed by atoms with Crippen LogP contribution in [0.25, 0.3) is 0 Å². The molecule has 0 saturated heterocycles. The highest BCUT2D eigenvalue weighted by atomic mass is 32.2. The molecule has 0 saturated carbocycles. The second-order valence-electron chi connectivity index (χ2n) is 5.07. The molecule has 1 aromatic heterocycles. The highest BCUT2D eigenvalue weighted by Gasteiger charge is 2.34. The zero-order valence-corrected chi connectivity index (χ0v) is 11.1. The van der Waals surface area contributed by atoms with Crippen molar-refractivity contribution < 1.29 is 14.7 Å². The summed E-state index contributed by atoms with van der Waals surface area (Å²) in [5.41, 5.74) is 2.39. The van der Waals surface area contributed by atoms with E-state index in [0.29, 0.717) is 11.0 Å². The molecule has 0 spiro atoms. The quantitative estimate of drug-likeness (QED) is 0.816. The van der Waals surface area contributed by atoms with E-state index in [4.69, 9.17) is 5.11 Å². The van der Waals surface area contributed by atoms with Crippen LogP contribution in [0.4, 0.5) is 0 Å². The molecule has 98 valence electrons. The maximum Gasteiger partial charge on any atom is 0.305 e. The molecule has 1 amide bonds. The summed E-state index contributed by atoms with van der Waals surface area (Å²) in [6, 6.07) is 0. The molecule has 2 heterocycles. The van der Waals surface area contributed by atoms with Crippen LogP contribution in [0.5, 0.6) is 0 Å². The van der Waals surface area contributed by atoms with Gasteiger partial charge in [-0.15, -0.1) is 10.2 Å². The number of hydrogen-bond acceptors (Lipinski definition) is 5. The number of hydrogen-bond donors (Lipinski definition) is 2. The third-order valence-corrected chi connectivity index (χ3v) is 3.57. The van der Waals surface area contributed by atoms with E-state index in [1.807, 2.05) is 20.8 Å². The number of carbonyl (C=O) groups is 2. The van der Waals surface area contributed by atoms with Crippen molar-refractivity contribution >= 4 is 23.6 Å². The molecule has 0 fully saturated rings. The Kier molecular flexibility index (Phi) is 3.05. The maximum atomic E-state index is 11.8. The average molecular weight is 270 g/mol. The smallest absolute Gasteiger partial charge is 0.305 e. The lowest BCUT2D eigenvalue weighted by Crippen LogP contribution is -2.39. The first-order valence-corrected chi connectivity index (χ1v) is 6.32. The Balaban J connectivity index is 2.30. The Bertz CT molecular complexity index is 506. The van der Waals surface area contributed by atoms with Gasteiger partial charge in [0.1, 0.15) is 5.25 Å². The van der Waals surface area contributed by atoms with Gasteiger partial charge in [0.2, 0.25) is 5.16 Å². The van der Waals surface area contributed by atoms with Gasteiger partial charge < -0.3 is 5.11 Å². The molecule has 18 heavy (non-hydrogen) atoms. The van der Waals surface area contributed by atoms with Crippen molar-refractivity contribution in [2.75, 3.05) is 5.43 Å². The fourth-order valence-corrected chi connectivity index (χ4v) is 2.55. The Morgan fingerprint density at radius 2 is 2.17 bits per heavy atom. The molecule has 0 aliphatic carbocycles. The first kappa shape index (κ1) is 12.9. The Morgan fingerprint density at radius 3 is 2.72 bits per heavy atom. The lowest BCUT2D eigenvalue weighted by Gasteiger charge is -2.25. The van der Waals surface area contributed by atoms with Gasteiger partial charge in [0, 0.05) is 5.41 Å². The summed E-state index contributed by atoms with van der Waals surface area (Å²) < 4.78 is 1.53. The zero-order chi connectivity index (χ0) is 13.5. The van der Waals surface area contributed by atoms with Gasteiger partial charge in [-0.05, 0) is 0 Å². The van der Waals surface area contributed by atoms with E-state index in [0.717, 1.165) is 11.8 Å². The van der Waals surface area contributed by atoms with Crippen LogP contribution in [0.15, 0.2) is 5.16 Å². The fourth-order valence-electron chi connectivity index (χ4n) is 1.59. The van der Waals surface area contributed by atoms with E-state index in [9.17, 15) is 9.59 Å². The lowest BCUT2D eigenvalue weighted by molar-refractivity contribution is -0.138. The van der Waals surface area contributed by atoms with E-state index >= 15 is 0 Å². The standard InChI is InChI=1S/C10H14N4O3S/c1-10(2,3)8-11-12-9-14(8)13-7(17)5(18-9)4-6(15)16/h5H,4H2,1-3H3,(H,13,17)(H,15,16). The summed E-state index contributed by atoms with van der Waals surface area (Å²) in [4.78, 5) is 22.5. The van der Waals surface area contributed by atoms with E-state index in [2.05, 4.69) is 15.6 Å². The van der Waals surface area contributed by atoms with Crippen LogP contribution < -0.4 is 5.43 Å². The molecule has 2 N–H and O–H groups in total. The number of fused-ring (bicyclic) bond motifs is 1. The number of nitrogens with zero attached hydrogens (tertiary/aromatic N) is 3. The number of nitrogens with one attached hydrogen (secondary N) is 1. The number of aromatic nitrogens is 3. The molecule has 7 nitrogen and oxygen atoms in total. The molecular formula is C10H14N4O3S. The van der Waals surface area contributed by atoms with Crippen LogP contribution in [-0.4, -0.2) is 37.1 Å². The zero-order valence-electron chi connectivity index (χ0n) is 10.3. The number of amides is 1. The molecule has 1 unspecified atom stereocenters.